The lowest BCUT2D eigenvalue weighted by molar-refractivity contribution is -0.0742. The molecule has 1 aliphatic rings. The fourth-order valence-corrected chi connectivity index (χ4v) is 2.96. The summed E-state index contributed by atoms with van der Waals surface area (Å²) in [4.78, 5) is 1.49. The summed E-state index contributed by atoms with van der Waals surface area (Å²) in [5.41, 5.74) is 0. The molecule has 0 saturated carbocycles. The molecule has 4 atom stereocenters. The van der Waals surface area contributed by atoms with Crippen LogP contribution in [0.3, 0.4) is 0 Å². The van der Waals surface area contributed by atoms with Gasteiger partial charge in [0.15, 0.2) is 0 Å². The number of benzene rings is 1. The maximum absolute atomic E-state index is 9.90. The Kier molecular flexibility index (Phi) is 4.42. The van der Waals surface area contributed by atoms with Crippen LogP contribution >= 0.6 is 11.8 Å². The Morgan fingerprint density at radius 3 is 2.28 bits per heavy atom. The Labute approximate surface area is 110 Å². The van der Waals surface area contributed by atoms with E-state index in [0.717, 1.165) is 4.90 Å². The molecule has 5 heteroatoms. The first kappa shape index (κ1) is 13.6. The largest absolute Gasteiger partial charge is 0.396 e. The van der Waals surface area contributed by atoms with E-state index in [1.54, 1.807) is 6.08 Å². The predicted molar refractivity (Wildman–Crippen MR) is 69.0 cm³/mol. The van der Waals surface area contributed by atoms with E-state index in [0.29, 0.717) is 4.91 Å². The zero-order valence-electron chi connectivity index (χ0n) is 9.68. The minimum Gasteiger partial charge on any atom is -0.396 e. The van der Waals surface area contributed by atoms with E-state index < -0.39 is 24.2 Å². The molecule has 1 aromatic carbocycles. The number of rotatable bonds is 3. The Bertz CT molecular complexity index is 420. The Morgan fingerprint density at radius 1 is 1.00 bits per heavy atom. The third kappa shape index (κ3) is 2.76. The van der Waals surface area contributed by atoms with Crippen molar-refractivity contribution in [1.29, 1.82) is 0 Å². The first-order valence-corrected chi connectivity index (χ1v) is 6.55. The Balaban J connectivity index is 2.20. The van der Waals surface area contributed by atoms with Crippen LogP contribution in [-0.4, -0.2) is 45.3 Å². The molecule has 0 heterocycles. The fraction of sp³-hybridized carbons (Fsp3) is 0.385. The molecule has 2 rings (SSSR count). The van der Waals surface area contributed by atoms with Gasteiger partial charge in [0.05, 0.1) is 12.7 Å². The molecule has 1 aliphatic carbocycles. The van der Waals surface area contributed by atoms with Crippen molar-refractivity contribution in [2.75, 3.05) is 6.61 Å². The van der Waals surface area contributed by atoms with Gasteiger partial charge in [-0.2, -0.15) is 0 Å². The number of hydrogen-bond donors (Lipinski definition) is 4. The lowest BCUT2D eigenvalue weighted by atomic mass is 9.89. The molecular weight excluding hydrogens is 252 g/mol. The molecule has 18 heavy (non-hydrogen) atoms. The molecule has 0 spiro atoms. The van der Waals surface area contributed by atoms with Crippen molar-refractivity contribution in [2.45, 2.75) is 23.2 Å². The summed E-state index contributed by atoms with van der Waals surface area (Å²) < 4.78 is 0. The summed E-state index contributed by atoms with van der Waals surface area (Å²) in [6.07, 6.45) is -1.89. The fourth-order valence-electron chi connectivity index (χ4n) is 1.90. The predicted octanol–water partition coefficient (Wildman–Crippen LogP) is 0.367. The highest BCUT2D eigenvalue weighted by Gasteiger charge is 2.37. The molecule has 0 unspecified atom stereocenters. The summed E-state index contributed by atoms with van der Waals surface area (Å²) in [5, 5.41) is 38.4. The van der Waals surface area contributed by atoms with Crippen molar-refractivity contribution < 1.29 is 20.4 Å². The third-order valence-corrected chi connectivity index (χ3v) is 4.09. The van der Waals surface area contributed by atoms with Crippen LogP contribution in [0, 0.1) is 5.92 Å². The molecule has 0 saturated heterocycles. The first-order chi connectivity index (χ1) is 8.63. The van der Waals surface area contributed by atoms with Crippen LogP contribution in [0.2, 0.25) is 0 Å². The molecule has 4 N–H and O–H groups in total. The number of hydrogen-bond acceptors (Lipinski definition) is 5. The third-order valence-electron chi connectivity index (χ3n) is 2.97. The van der Waals surface area contributed by atoms with Gasteiger partial charge in [-0.1, -0.05) is 36.0 Å². The number of aliphatic hydroxyl groups is 4. The lowest BCUT2D eigenvalue weighted by Gasteiger charge is -2.33. The number of thioether (sulfide) groups is 1. The topological polar surface area (TPSA) is 80.9 Å². The highest BCUT2D eigenvalue weighted by atomic mass is 32.2. The smallest absolute Gasteiger partial charge is 0.113 e. The van der Waals surface area contributed by atoms with Crippen LogP contribution in [0.1, 0.15) is 0 Å². The molecule has 0 amide bonds. The molecule has 0 aliphatic heterocycles. The zero-order chi connectivity index (χ0) is 13.1. The summed E-state index contributed by atoms with van der Waals surface area (Å²) in [6.45, 7) is -0.260. The Morgan fingerprint density at radius 2 is 1.67 bits per heavy atom. The van der Waals surface area contributed by atoms with Crippen molar-refractivity contribution in [1.82, 2.24) is 0 Å². The van der Waals surface area contributed by atoms with E-state index in [1.807, 2.05) is 30.3 Å². The summed E-state index contributed by atoms with van der Waals surface area (Å²) >= 11 is 1.33. The standard InChI is InChI=1S/C13H16O4S/c14-7-8-6-10(12(16)13(17)11(8)15)18-9-4-2-1-3-5-9/h1-6,8,11-17H,7H2/t8-,11-,12+,13+/m1/s1. The van der Waals surface area contributed by atoms with Gasteiger partial charge in [0, 0.05) is 15.7 Å². The summed E-state index contributed by atoms with van der Waals surface area (Å²) in [6, 6.07) is 9.44. The minimum atomic E-state index is -1.27. The molecule has 98 valence electrons. The SMILES string of the molecule is OC[C@H]1C=C(Sc2ccccc2)[C@H](O)[C@@H](O)[C@@H]1O. The molecule has 4 nitrogen and oxygen atoms in total. The van der Waals surface area contributed by atoms with Crippen LogP contribution < -0.4 is 0 Å². The quantitative estimate of drug-likeness (QED) is 0.637. The van der Waals surface area contributed by atoms with Crippen LogP contribution in [0.15, 0.2) is 46.2 Å². The zero-order valence-corrected chi connectivity index (χ0v) is 10.5. The van der Waals surface area contributed by atoms with Crippen molar-refractivity contribution in [3.8, 4) is 0 Å². The maximum atomic E-state index is 9.90. The van der Waals surface area contributed by atoms with E-state index in [9.17, 15) is 15.3 Å². The highest BCUT2D eigenvalue weighted by molar-refractivity contribution is 8.03. The van der Waals surface area contributed by atoms with Gasteiger partial charge in [-0.15, -0.1) is 0 Å². The minimum absolute atomic E-state index is 0.260. The van der Waals surface area contributed by atoms with Crippen LogP contribution in [-0.2, 0) is 0 Å². The molecule has 0 aromatic heterocycles. The van der Waals surface area contributed by atoms with Crippen LogP contribution in [0.4, 0.5) is 0 Å². The van der Waals surface area contributed by atoms with Gasteiger partial charge in [0.1, 0.15) is 12.2 Å². The van der Waals surface area contributed by atoms with E-state index in [1.165, 1.54) is 11.8 Å². The Hall–Kier alpha value is -0.850. The van der Waals surface area contributed by atoms with Crippen LogP contribution in [0.5, 0.6) is 0 Å². The van der Waals surface area contributed by atoms with Gasteiger partial charge < -0.3 is 20.4 Å². The average molecular weight is 268 g/mol. The van der Waals surface area contributed by atoms with E-state index >= 15 is 0 Å². The molecule has 0 bridgehead atoms. The van der Waals surface area contributed by atoms with E-state index in [-0.39, 0.29) is 6.61 Å². The average Bonchev–Trinajstić information content (AvgIpc) is 2.40. The highest BCUT2D eigenvalue weighted by Crippen LogP contribution is 2.35. The first-order valence-electron chi connectivity index (χ1n) is 5.73. The number of aliphatic hydroxyl groups excluding tert-OH is 4. The molecule has 1 aromatic rings. The molecule has 0 radical (unpaired) electrons. The second-order valence-corrected chi connectivity index (χ2v) is 5.40. The van der Waals surface area contributed by atoms with Crippen molar-refractivity contribution in [3.05, 3.63) is 41.3 Å². The lowest BCUT2D eigenvalue weighted by Crippen LogP contribution is -2.46. The molecule has 0 fully saturated rings. The normalized spacial score (nSPS) is 32.1. The maximum Gasteiger partial charge on any atom is 0.113 e. The molecular formula is C13H16O4S. The van der Waals surface area contributed by atoms with Gasteiger partial charge in [0.2, 0.25) is 0 Å². The van der Waals surface area contributed by atoms with Gasteiger partial charge in [-0.3, -0.25) is 0 Å². The second kappa shape index (κ2) is 5.86. The summed E-state index contributed by atoms with van der Waals surface area (Å²) in [5.74, 6) is -0.547. The van der Waals surface area contributed by atoms with Gasteiger partial charge in [-0.05, 0) is 12.1 Å². The van der Waals surface area contributed by atoms with E-state index in [4.69, 9.17) is 5.11 Å². The second-order valence-electron chi connectivity index (χ2n) is 4.26. The van der Waals surface area contributed by atoms with Crippen LogP contribution in [0.25, 0.3) is 0 Å². The summed E-state index contributed by atoms with van der Waals surface area (Å²) in [7, 11) is 0. The van der Waals surface area contributed by atoms with Gasteiger partial charge in [-0.25, -0.2) is 0 Å². The van der Waals surface area contributed by atoms with Crippen molar-refractivity contribution in [3.63, 3.8) is 0 Å². The monoisotopic (exact) mass is 268 g/mol. The van der Waals surface area contributed by atoms with Gasteiger partial charge >= 0.3 is 0 Å². The van der Waals surface area contributed by atoms with Gasteiger partial charge in [0.25, 0.3) is 0 Å². The van der Waals surface area contributed by atoms with Crippen molar-refractivity contribution >= 4 is 11.8 Å². The van der Waals surface area contributed by atoms with E-state index in [2.05, 4.69) is 0 Å². The van der Waals surface area contributed by atoms with Crippen molar-refractivity contribution in [2.24, 2.45) is 5.92 Å².